The zero-order valence-corrected chi connectivity index (χ0v) is 9.19. The summed E-state index contributed by atoms with van der Waals surface area (Å²) in [5.74, 6) is 0.624. The maximum absolute atomic E-state index is 11.1. The van der Waals surface area contributed by atoms with Gasteiger partial charge in [0.1, 0.15) is 0 Å². The predicted molar refractivity (Wildman–Crippen MR) is 58.7 cm³/mol. The Bertz CT molecular complexity index is 332. The van der Waals surface area contributed by atoms with Crippen LogP contribution in [0.3, 0.4) is 0 Å². The van der Waals surface area contributed by atoms with Gasteiger partial charge in [-0.25, -0.2) is 0 Å². The smallest absolute Gasteiger partial charge is 0.220 e. The van der Waals surface area contributed by atoms with Gasteiger partial charge < -0.3 is 5.32 Å². The highest BCUT2D eigenvalue weighted by Gasteiger charge is 2.23. The molecule has 1 aliphatic rings. The molecule has 0 spiro atoms. The van der Waals surface area contributed by atoms with Crippen LogP contribution in [-0.2, 0) is 11.2 Å². The van der Waals surface area contributed by atoms with E-state index in [1.807, 2.05) is 11.3 Å². The zero-order valence-electron chi connectivity index (χ0n) is 8.38. The molecule has 0 radical (unpaired) electrons. The Kier molecular flexibility index (Phi) is 2.87. The number of aryl methyl sites for hydroxylation is 1. The fourth-order valence-corrected chi connectivity index (χ4v) is 3.02. The van der Waals surface area contributed by atoms with Crippen LogP contribution in [0.4, 0.5) is 0 Å². The molecule has 1 atom stereocenters. The van der Waals surface area contributed by atoms with E-state index in [9.17, 15) is 4.79 Å². The van der Waals surface area contributed by atoms with Gasteiger partial charge in [-0.1, -0.05) is 13.3 Å². The SMILES string of the molecule is CCCc1ccc(C2CNC(=O)C2)s1. The van der Waals surface area contributed by atoms with Crippen LogP contribution in [0.5, 0.6) is 0 Å². The van der Waals surface area contributed by atoms with Crippen LogP contribution in [0, 0.1) is 0 Å². The van der Waals surface area contributed by atoms with Crippen molar-refractivity contribution in [3.05, 3.63) is 21.9 Å². The molecule has 14 heavy (non-hydrogen) atoms. The lowest BCUT2D eigenvalue weighted by atomic mass is 10.1. The fraction of sp³-hybridized carbons (Fsp3) is 0.545. The Hall–Kier alpha value is -0.830. The molecule has 1 aromatic heterocycles. The number of carbonyl (C=O) groups is 1. The lowest BCUT2D eigenvalue weighted by Crippen LogP contribution is -2.13. The third kappa shape index (κ3) is 1.98. The minimum Gasteiger partial charge on any atom is -0.355 e. The first kappa shape index (κ1) is 9.71. The van der Waals surface area contributed by atoms with E-state index in [1.54, 1.807) is 0 Å². The van der Waals surface area contributed by atoms with E-state index >= 15 is 0 Å². The minimum atomic E-state index is 0.195. The minimum absolute atomic E-state index is 0.195. The Morgan fingerprint density at radius 1 is 1.57 bits per heavy atom. The standard InChI is InChI=1S/C11H15NOS/c1-2-3-9-4-5-10(14-9)8-6-11(13)12-7-8/h4-5,8H,2-3,6-7H2,1H3,(H,12,13). The van der Waals surface area contributed by atoms with E-state index < -0.39 is 0 Å². The Labute approximate surface area is 88.3 Å². The van der Waals surface area contributed by atoms with Crippen molar-refractivity contribution in [1.29, 1.82) is 0 Å². The summed E-state index contributed by atoms with van der Waals surface area (Å²) in [7, 11) is 0. The van der Waals surface area contributed by atoms with Crippen molar-refractivity contribution in [2.75, 3.05) is 6.54 Å². The highest BCUT2D eigenvalue weighted by atomic mass is 32.1. The second kappa shape index (κ2) is 4.13. The second-order valence-corrected chi connectivity index (χ2v) is 4.96. The van der Waals surface area contributed by atoms with E-state index in [2.05, 4.69) is 24.4 Å². The lowest BCUT2D eigenvalue weighted by Gasteiger charge is -2.01. The maximum atomic E-state index is 11.1. The van der Waals surface area contributed by atoms with Gasteiger partial charge >= 0.3 is 0 Å². The third-order valence-electron chi connectivity index (χ3n) is 2.56. The fourth-order valence-electron chi connectivity index (χ4n) is 1.80. The van der Waals surface area contributed by atoms with Gasteiger partial charge in [0.25, 0.3) is 0 Å². The van der Waals surface area contributed by atoms with Crippen LogP contribution >= 0.6 is 11.3 Å². The molecule has 3 heteroatoms. The van der Waals surface area contributed by atoms with Gasteiger partial charge in [-0.15, -0.1) is 11.3 Å². The van der Waals surface area contributed by atoms with Gasteiger partial charge in [-0.3, -0.25) is 4.79 Å². The molecule has 2 nitrogen and oxygen atoms in total. The van der Waals surface area contributed by atoms with E-state index in [-0.39, 0.29) is 5.91 Å². The highest BCUT2D eigenvalue weighted by Crippen LogP contribution is 2.29. The molecule has 0 saturated carbocycles. The number of amides is 1. The number of nitrogens with one attached hydrogen (secondary N) is 1. The second-order valence-electron chi connectivity index (χ2n) is 3.76. The highest BCUT2D eigenvalue weighted by molar-refractivity contribution is 7.12. The number of rotatable bonds is 3. The molecular formula is C11H15NOS. The van der Waals surface area contributed by atoms with Crippen molar-refractivity contribution in [1.82, 2.24) is 5.32 Å². The van der Waals surface area contributed by atoms with Gasteiger partial charge in [-0.2, -0.15) is 0 Å². The molecule has 1 aromatic rings. The van der Waals surface area contributed by atoms with E-state index in [0.717, 1.165) is 6.54 Å². The molecule has 2 heterocycles. The first-order valence-electron chi connectivity index (χ1n) is 5.15. The van der Waals surface area contributed by atoms with Crippen LogP contribution < -0.4 is 5.32 Å². The van der Waals surface area contributed by atoms with Crippen molar-refractivity contribution < 1.29 is 4.79 Å². The molecule has 1 amide bonds. The molecule has 0 aliphatic carbocycles. The summed E-state index contributed by atoms with van der Waals surface area (Å²) in [6.07, 6.45) is 3.03. The summed E-state index contributed by atoms with van der Waals surface area (Å²) in [5, 5.41) is 2.88. The molecule has 76 valence electrons. The Balaban J connectivity index is 2.05. The average Bonchev–Trinajstić information content (AvgIpc) is 2.74. The van der Waals surface area contributed by atoms with Gasteiger partial charge in [0, 0.05) is 28.6 Å². The topological polar surface area (TPSA) is 29.1 Å². The Morgan fingerprint density at radius 3 is 3.07 bits per heavy atom. The maximum Gasteiger partial charge on any atom is 0.220 e. The summed E-state index contributed by atoms with van der Waals surface area (Å²) >= 11 is 1.86. The van der Waals surface area contributed by atoms with Crippen LogP contribution in [0.15, 0.2) is 12.1 Å². The van der Waals surface area contributed by atoms with Crippen molar-refractivity contribution in [3.8, 4) is 0 Å². The molecule has 1 N–H and O–H groups in total. The van der Waals surface area contributed by atoms with Crippen molar-refractivity contribution in [2.24, 2.45) is 0 Å². The summed E-state index contributed by atoms with van der Waals surface area (Å²) in [4.78, 5) is 13.9. The molecular weight excluding hydrogens is 194 g/mol. The van der Waals surface area contributed by atoms with Gasteiger partial charge in [-0.05, 0) is 18.6 Å². The molecule has 1 unspecified atom stereocenters. The summed E-state index contributed by atoms with van der Waals surface area (Å²) in [6, 6.07) is 4.38. The molecule has 0 aromatic carbocycles. The van der Waals surface area contributed by atoms with Crippen molar-refractivity contribution >= 4 is 17.2 Å². The largest absolute Gasteiger partial charge is 0.355 e. The van der Waals surface area contributed by atoms with Gasteiger partial charge in [0.05, 0.1) is 0 Å². The van der Waals surface area contributed by atoms with Gasteiger partial charge in [0.15, 0.2) is 0 Å². The van der Waals surface area contributed by atoms with Crippen LogP contribution in [0.25, 0.3) is 0 Å². The summed E-state index contributed by atoms with van der Waals surface area (Å²) in [5.41, 5.74) is 0. The van der Waals surface area contributed by atoms with Crippen LogP contribution in [0.1, 0.15) is 35.4 Å². The summed E-state index contributed by atoms with van der Waals surface area (Å²) < 4.78 is 0. The van der Waals surface area contributed by atoms with E-state index in [4.69, 9.17) is 0 Å². The molecule has 1 fully saturated rings. The molecule has 1 saturated heterocycles. The first-order valence-corrected chi connectivity index (χ1v) is 5.96. The van der Waals surface area contributed by atoms with E-state index in [1.165, 1.54) is 22.6 Å². The molecule has 0 bridgehead atoms. The average molecular weight is 209 g/mol. The lowest BCUT2D eigenvalue weighted by molar-refractivity contribution is -0.119. The first-order chi connectivity index (χ1) is 6.79. The number of carbonyl (C=O) groups excluding carboxylic acids is 1. The van der Waals surface area contributed by atoms with Crippen LogP contribution in [0.2, 0.25) is 0 Å². The molecule has 1 aliphatic heterocycles. The normalized spacial score (nSPS) is 21.2. The van der Waals surface area contributed by atoms with Gasteiger partial charge in [0.2, 0.25) is 5.91 Å². The van der Waals surface area contributed by atoms with Crippen molar-refractivity contribution in [3.63, 3.8) is 0 Å². The quantitative estimate of drug-likeness (QED) is 0.813. The Morgan fingerprint density at radius 2 is 2.43 bits per heavy atom. The predicted octanol–water partition coefficient (Wildman–Crippen LogP) is 2.30. The third-order valence-corrected chi connectivity index (χ3v) is 3.87. The monoisotopic (exact) mass is 209 g/mol. The van der Waals surface area contributed by atoms with E-state index in [0.29, 0.717) is 12.3 Å². The molecule has 2 rings (SSSR count). The van der Waals surface area contributed by atoms with Crippen LogP contribution in [-0.4, -0.2) is 12.5 Å². The number of hydrogen-bond donors (Lipinski definition) is 1. The van der Waals surface area contributed by atoms with Crippen molar-refractivity contribution in [2.45, 2.75) is 32.1 Å². The number of thiophene rings is 1. The zero-order chi connectivity index (χ0) is 9.97. The number of hydrogen-bond acceptors (Lipinski definition) is 2. The summed E-state index contributed by atoms with van der Waals surface area (Å²) in [6.45, 7) is 3.02.